The Kier molecular flexibility index (Phi) is 5.19. The second-order valence-corrected chi connectivity index (χ2v) is 7.16. The maximum Gasteiger partial charge on any atom is 0.282 e. The molecule has 0 bridgehead atoms. The van der Waals surface area contributed by atoms with Crippen molar-refractivity contribution in [3.8, 4) is 5.75 Å². The summed E-state index contributed by atoms with van der Waals surface area (Å²) < 4.78 is 5.23. The average Bonchev–Trinajstić information content (AvgIpc) is 3.06. The fourth-order valence-corrected chi connectivity index (χ4v) is 3.23. The summed E-state index contributed by atoms with van der Waals surface area (Å²) in [6.07, 6.45) is 1.81. The maximum absolute atomic E-state index is 13.3. The number of halogens is 1. The number of aliphatic imine (C=N–C) groups is 1. The van der Waals surface area contributed by atoms with E-state index in [4.69, 9.17) is 16.3 Å². The minimum atomic E-state index is -0.180. The van der Waals surface area contributed by atoms with Gasteiger partial charge in [0.05, 0.1) is 12.8 Å². The average molecular weight is 403 g/mol. The minimum absolute atomic E-state index is 0.180. The van der Waals surface area contributed by atoms with Gasteiger partial charge in [0, 0.05) is 10.6 Å². The van der Waals surface area contributed by atoms with E-state index in [0.717, 1.165) is 28.1 Å². The van der Waals surface area contributed by atoms with Gasteiger partial charge in [0.15, 0.2) is 0 Å². The molecule has 144 valence electrons. The molecule has 0 spiro atoms. The topological polar surface area (TPSA) is 41.9 Å². The van der Waals surface area contributed by atoms with Gasteiger partial charge < -0.3 is 4.74 Å². The molecule has 29 heavy (non-hydrogen) atoms. The van der Waals surface area contributed by atoms with E-state index in [-0.39, 0.29) is 5.91 Å². The summed E-state index contributed by atoms with van der Waals surface area (Å²) in [5.41, 5.74) is 4.00. The van der Waals surface area contributed by atoms with Gasteiger partial charge in [0.1, 0.15) is 17.3 Å². The molecule has 3 aromatic rings. The lowest BCUT2D eigenvalue weighted by molar-refractivity contribution is -0.113. The molecule has 0 aliphatic carbocycles. The number of carbonyl (C=O) groups is 1. The molecule has 0 fully saturated rings. The van der Waals surface area contributed by atoms with E-state index >= 15 is 0 Å². The number of aryl methyl sites for hydroxylation is 1. The van der Waals surface area contributed by atoms with Crippen LogP contribution in [0.1, 0.15) is 16.7 Å². The highest BCUT2D eigenvalue weighted by molar-refractivity contribution is 6.34. The van der Waals surface area contributed by atoms with Crippen molar-refractivity contribution in [1.82, 2.24) is 0 Å². The molecule has 0 unspecified atom stereocenters. The zero-order chi connectivity index (χ0) is 20.4. The summed E-state index contributed by atoms with van der Waals surface area (Å²) >= 11 is 6.04. The molecule has 0 saturated heterocycles. The molecule has 5 heteroatoms. The Labute approximate surface area is 174 Å². The van der Waals surface area contributed by atoms with Crippen molar-refractivity contribution in [2.24, 2.45) is 4.99 Å². The first-order valence-corrected chi connectivity index (χ1v) is 9.54. The van der Waals surface area contributed by atoms with Crippen LogP contribution in [0.25, 0.3) is 6.08 Å². The quantitative estimate of drug-likeness (QED) is 0.541. The summed E-state index contributed by atoms with van der Waals surface area (Å²) in [4.78, 5) is 19.5. The van der Waals surface area contributed by atoms with Crippen LogP contribution in [0.2, 0.25) is 5.02 Å². The first-order valence-electron chi connectivity index (χ1n) is 9.16. The van der Waals surface area contributed by atoms with E-state index in [9.17, 15) is 4.79 Å². The molecule has 0 N–H and O–H groups in total. The molecule has 0 aromatic heterocycles. The highest BCUT2D eigenvalue weighted by Crippen LogP contribution is 2.29. The summed E-state index contributed by atoms with van der Waals surface area (Å²) in [6, 6.07) is 22.6. The number of methoxy groups -OCH3 is 1. The molecule has 0 radical (unpaired) electrons. The highest BCUT2D eigenvalue weighted by Gasteiger charge is 2.32. The number of amidine groups is 1. The van der Waals surface area contributed by atoms with Crippen molar-refractivity contribution in [3.63, 3.8) is 0 Å². The SMILES string of the molecule is COc1ccc(N2C(=O)/C(=C\c3ccc(C)cc3)N=C2c2ccc(Cl)cc2)cc1. The summed E-state index contributed by atoms with van der Waals surface area (Å²) in [5.74, 6) is 1.11. The van der Waals surface area contributed by atoms with Crippen molar-refractivity contribution in [2.45, 2.75) is 6.92 Å². The normalized spacial score (nSPS) is 15.0. The van der Waals surface area contributed by atoms with Crippen LogP contribution in [0.15, 0.2) is 83.5 Å². The Balaban J connectivity index is 1.79. The Morgan fingerprint density at radius 1 is 0.931 bits per heavy atom. The highest BCUT2D eigenvalue weighted by atomic mass is 35.5. The molecular weight excluding hydrogens is 384 g/mol. The van der Waals surface area contributed by atoms with Gasteiger partial charge in [-0.05, 0) is 67.1 Å². The lowest BCUT2D eigenvalue weighted by Gasteiger charge is -2.19. The van der Waals surface area contributed by atoms with Crippen molar-refractivity contribution in [3.05, 3.63) is 100 Å². The molecule has 4 nitrogen and oxygen atoms in total. The first kappa shape index (κ1) is 19.0. The number of nitrogens with zero attached hydrogens (tertiary/aromatic N) is 2. The molecule has 3 aromatic carbocycles. The fraction of sp³-hybridized carbons (Fsp3) is 0.0833. The number of benzene rings is 3. The summed E-state index contributed by atoms with van der Waals surface area (Å²) in [7, 11) is 1.61. The zero-order valence-corrected chi connectivity index (χ0v) is 16.9. The van der Waals surface area contributed by atoms with Gasteiger partial charge in [-0.3, -0.25) is 9.69 Å². The zero-order valence-electron chi connectivity index (χ0n) is 16.1. The number of anilines is 1. The van der Waals surface area contributed by atoms with Crippen LogP contribution in [0, 0.1) is 6.92 Å². The molecule has 0 saturated carbocycles. The number of ether oxygens (including phenoxy) is 1. The lowest BCUT2D eigenvalue weighted by atomic mass is 10.1. The van der Waals surface area contributed by atoms with Gasteiger partial charge in [0.25, 0.3) is 5.91 Å². The van der Waals surface area contributed by atoms with Gasteiger partial charge in [-0.2, -0.15) is 0 Å². The van der Waals surface area contributed by atoms with Gasteiger partial charge in [0.2, 0.25) is 0 Å². The van der Waals surface area contributed by atoms with Crippen LogP contribution in [0.4, 0.5) is 5.69 Å². The maximum atomic E-state index is 13.3. The van der Waals surface area contributed by atoms with Crippen molar-refractivity contribution >= 4 is 35.1 Å². The lowest BCUT2D eigenvalue weighted by Crippen LogP contribution is -2.32. The second-order valence-electron chi connectivity index (χ2n) is 6.72. The van der Waals surface area contributed by atoms with Gasteiger partial charge in [-0.25, -0.2) is 4.99 Å². The molecule has 1 aliphatic heterocycles. The van der Waals surface area contributed by atoms with E-state index in [1.807, 2.05) is 67.6 Å². The van der Waals surface area contributed by atoms with E-state index in [2.05, 4.69) is 4.99 Å². The van der Waals surface area contributed by atoms with E-state index in [1.54, 1.807) is 30.2 Å². The van der Waals surface area contributed by atoms with Crippen LogP contribution >= 0.6 is 11.6 Å². The van der Waals surface area contributed by atoms with E-state index in [1.165, 1.54) is 0 Å². The number of rotatable bonds is 4. The van der Waals surface area contributed by atoms with Crippen molar-refractivity contribution in [1.29, 1.82) is 0 Å². The molecule has 4 rings (SSSR count). The molecule has 1 heterocycles. The van der Waals surface area contributed by atoms with Crippen LogP contribution < -0.4 is 9.64 Å². The van der Waals surface area contributed by atoms with Crippen LogP contribution in [-0.2, 0) is 4.79 Å². The first-order chi connectivity index (χ1) is 14.0. The number of carbonyl (C=O) groups excluding carboxylic acids is 1. The summed E-state index contributed by atoms with van der Waals surface area (Å²) in [6.45, 7) is 2.03. The van der Waals surface area contributed by atoms with Crippen LogP contribution in [0.3, 0.4) is 0 Å². The second kappa shape index (κ2) is 7.94. The fourth-order valence-electron chi connectivity index (χ4n) is 3.10. The standard InChI is InChI=1S/C24H19ClN2O2/c1-16-3-5-17(6-4-16)15-22-24(28)27(20-11-13-21(29-2)14-12-20)23(26-22)18-7-9-19(25)10-8-18/h3-15H,1-2H3/b22-15+. The predicted molar refractivity (Wildman–Crippen MR) is 118 cm³/mol. The molecule has 1 aliphatic rings. The largest absolute Gasteiger partial charge is 0.497 e. The van der Waals surface area contributed by atoms with Gasteiger partial charge in [-0.1, -0.05) is 41.4 Å². The molecule has 1 amide bonds. The molecule has 0 atom stereocenters. The van der Waals surface area contributed by atoms with Crippen LogP contribution in [0.5, 0.6) is 5.75 Å². The Morgan fingerprint density at radius 3 is 2.21 bits per heavy atom. The Hall–Kier alpha value is -3.37. The van der Waals surface area contributed by atoms with Gasteiger partial charge in [-0.15, -0.1) is 0 Å². The van der Waals surface area contributed by atoms with E-state index < -0.39 is 0 Å². The predicted octanol–water partition coefficient (Wildman–Crippen LogP) is 5.49. The third-order valence-corrected chi connectivity index (χ3v) is 4.93. The monoisotopic (exact) mass is 402 g/mol. The van der Waals surface area contributed by atoms with Crippen molar-refractivity contribution in [2.75, 3.05) is 12.0 Å². The Bertz CT molecular complexity index is 1100. The Morgan fingerprint density at radius 2 is 1.59 bits per heavy atom. The number of hydrogen-bond donors (Lipinski definition) is 0. The van der Waals surface area contributed by atoms with Gasteiger partial charge >= 0.3 is 0 Å². The van der Waals surface area contributed by atoms with E-state index in [0.29, 0.717) is 16.6 Å². The molecular formula is C24H19ClN2O2. The minimum Gasteiger partial charge on any atom is -0.497 e. The third kappa shape index (κ3) is 3.93. The number of amides is 1. The van der Waals surface area contributed by atoms with Crippen molar-refractivity contribution < 1.29 is 9.53 Å². The van der Waals surface area contributed by atoms with Crippen LogP contribution in [-0.4, -0.2) is 18.9 Å². The summed E-state index contributed by atoms with van der Waals surface area (Å²) in [5, 5.41) is 0.630. The number of hydrogen-bond acceptors (Lipinski definition) is 3. The third-order valence-electron chi connectivity index (χ3n) is 4.67. The smallest absolute Gasteiger partial charge is 0.282 e.